The molecule has 2 rings (SSSR count). The molecule has 0 amide bonds. The minimum absolute atomic E-state index is 0.195. The third-order valence-corrected chi connectivity index (χ3v) is 2.71. The zero-order chi connectivity index (χ0) is 9.26. The average Bonchev–Trinajstić information content (AvgIpc) is 2.31. The van der Waals surface area contributed by atoms with Crippen LogP contribution in [-0.4, -0.2) is 16.0 Å². The molecule has 0 bridgehead atoms. The van der Waals surface area contributed by atoms with E-state index in [0.717, 1.165) is 18.2 Å². The van der Waals surface area contributed by atoms with Crippen LogP contribution in [0.2, 0.25) is 0 Å². The van der Waals surface area contributed by atoms with Crippen molar-refractivity contribution >= 4 is 0 Å². The molecule has 0 spiro atoms. The first-order valence-corrected chi connectivity index (χ1v) is 5.05. The van der Waals surface area contributed by atoms with Crippen molar-refractivity contribution in [3.05, 3.63) is 17.7 Å². The summed E-state index contributed by atoms with van der Waals surface area (Å²) >= 11 is 0. The SMILES string of the molecule is CC(N)Cc1ncc(C2CCC2)[nH]1. The average molecular weight is 179 g/mol. The Morgan fingerprint density at radius 1 is 1.69 bits per heavy atom. The topological polar surface area (TPSA) is 54.7 Å². The van der Waals surface area contributed by atoms with Gasteiger partial charge < -0.3 is 10.7 Å². The molecule has 1 aromatic rings. The minimum atomic E-state index is 0.195. The first kappa shape index (κ1) is 8.75. The van der Waals surface area contributed by atoms with Crippen LogP contribution in [0, 0.1) is 0 Å². The van der Waals surface area contributed by atoms with Crippen LogP contribution >= 0.6 is 0 Å². The van der Waals surface area contributed by atoms with Gasteiger partial charge in [-0.1, -0.05) is 6.42 Å². The molecule has 1 atom stereocenters. The predicted octanol–water partition coefficient (Wildman–Crippen LogP) is 1.57. The Kier molecular flexibility index (Phi) is 2.36. The van der Waals surface area contributed by atoms with Crippen LogP contribution in [0.25, 0.3) is 0 Å². The summed E-state index contributed by atoms with van der Waals surface area (Å²) in [6, 6.07) is 0.195. The molecule has 13 heavy (non-hydrogen) atoms. The number of aromatic amines is 1. The van der Waals surface area contributed by atoms with Crippen LogP contribution in [0.4, 0.5) is 0 Å². The summed E-state index contributed by atoms with van der Waals surface area (Å²) in [7, 11) is 0. The molecule has 0 aromatic carbocycles. The van der Waals surface area contributed by atoms with Gasteiger partial charge >= 0.3 is 0 Å². The molecule has 1 unspecified atom stereocenters. The molecule has 1 saturated carbocycles. The summed E-state index contributed by atoms with van der Waals surface area (Å²) in [5.41, 5.74) is 7.00. The van der Waals surface area contributed by atoms with Gasteiger partial charge in [-0.2, -0.15) is 0 Å². The first-order chi connectivity index (χ1) is 6.25. The maximum Gasteiger partial charge on any atom is 0.107 e. The first-order valence-electron chi connectivity index (χ1n) is 5.05. The quantitative estimate of drug-likeness (QED) is 0.740. The fourth-order valence-corrected chi connectivity index (χ4v) is 1.71. The smallest absolute Gasteiger partial charge is 0.107 e. The van der Waals surface area contributed by atoms with Crippen LogP contribution < -0.4 is 5.73 Å². The zero-order valence-electron chi connectivity index (χ0n) is 8.09. The predicted molar refractivity (Wildman–Crippen MR) is 52.5 cm³/mol. The number of nitrogens with one attached hydrogen (secondary N) is 1. The summed E-state index contributed by atoms with van der Waals surface area (Å²) < 4.78 is 0. The Bertz CT molecular complexity index is 273. The molecule has 1 fully saturated rings. The highest BCUT2D eigenvalue weighted by atomic mass is 14.9. The molecule has 3 heteroatoms. The summed E-state index contributed by atoms with van der Waals surface area (Å²) in [5, 5.41) is 0. The van der Waals surface area contributed by atoms with Crippen LogP contribution in [-0.2, 0) is 6.42 Å². The van der Waals surface area contributed by atoms with Gasteiger partial charge in [0.2, 0.25) is 0 Å². The van der Waals surface area contributed by atoms with Crippen molar-refractivity contribution in [2.24, 2.45) is 5.73 Å². The molecule has 72 valence electrons. The number of aromatic nitrogens is 2. The second kappa shape index (κ2) is 3.50. The lowest BCUT2D eigenvalue weighted by Crippen LogP contribution is -2.18. The Labute approximate surface area is 78.7 Å². The van der Waals surface area contributed by atoms with E-state index in [-0.39, 0.29) is 6.04 Å². The summed E-state index contributed by atoms with van der Waals surface area (Å²) in [5.74, 6) is 1.78. The van der Waals surface area contributed by atoms with Gasteiger partial charge in [-0.3, -0.25) is 0 Å². The number of nitrogens with two attached hydrogens (primary N) is 1. The molecule has 1 aliphatic carbocycles. The van der Waals surface area contributed by atoms with Crippen molar-refractivity contribution in [1.82, 2.24) is 9.97 Å². The monoisotopic (exact) mass is 179 g/mol. The van der Waals surface area contributed by atoms with E-state index in [1.165, 1.54) is 25.0 Å². The van der Waals surface area contributed by atoms with Crippen LogP contribution in [0.15, 0.2) is 6.20 Å². The molecule has 1 aromatic heterocycles. The summed E-state index contributed by atoms with van der Waals surface area (Å²) in [6.45, 7) is 2.01. The lowest BCUT2D eigenvalue weighted by atomic mass is 9.83. The number of H-pyrrole nitrogens is 1. The van der Waals surface area contributed by atoms with Crippen LogP contribution in [0.1, 0.15) is 43.6 Å². The Morgan fingerprint density at radius 2 is 2.46 bits per heavy atom. The van der Waals surface area contributed by atoms with Gasteiger partial charge in [-0.25, -0.2) is 4.98 Å². The highest BCUT2D eigenvalue weighted by Gasteiger charge is 2.21. The second-order valence-electron chi connectivity index (χ2n) is 4.09. The van der Waals surface area contributed by atoms with E-state index in [4.69, 9.17) is 5.73 Å². The van der Waals surface area contributed by atoms with Crippen molar-refractivity contribution in [3.63, 3.8) is 0 Å². The van der Waals surface area contributed by atoms with E-state index < -0.39 is 0 Å². The van der Waals surface area contributed by atoms with Crippen molar-refractivity contribution < 1.29 is 0 Å². The molecular formula is C10H17N3. The highest BCUT2D eigenvalue weighted by Crippen LogP contribution is 2.35. The highest BCUT2D eigenvalue weighted by molar-refractivity contribution is 5.10. The van der Waals surface area contributed by atoms with Gasteiger partial charge in [-0.15, -0.1) is 0 Å². The fourth-order valence-electron chi connectivity index (χ4n) is 1.71. The van der Waals surface area contributed by atoms with E-state index in [0.29, 0.717) is 0 Å². The lowest BCUT2D eigenvalue weighted by molar-refractivity contribution is 0.412. The van der Waals surface area contributed by atoms with Gasteiger partial charge in [0.15, 0.2) is 0 Å². The minimum Gasteiger partial charge on any atom is -0.346 e. The normalized spacial score (nSPS) is 19.8. The molecule has 0 aliphatic heterocycles. The number of imidazole rings is 1. The Morgan fingerprint density at radius 3 is 3.00 bits per heavy atom. The number of hydrogen-bond acceptors (Lipinski definition) is 2. The zero-order valence-corrected chi connectivity index (χ0v) is 8.09. The van der Waals surface area contributed by atoms with E-state index in [2.05, 4.69) is 9.97 Å². The third kappa shape index (κ3) is 1.91. The van der Waals surface area contributed by atoms with Crippen molar-refractivity contribution in [3.8, 4) is 0 Å². The molecule has 1 heterocycles. The maximum atomic E-state index is 5.70. The van der Waals surface area contributed by atoms with Crippen molar-refractivity contribution in [2.45, 2.75) is 44.6 Å². The van der Waals surface area contributed by atoms with Gasteiger partial charge in [0.05, 0.1) is 0 Å². The van der Waals surface area contributed by atoms with Gasteiger partial charge in [0.1, 0.15) is 5.82 Å². The fraction of sp³-hybridized carbons (Fsp3) is 0.700. The number of hydrogen-bond donors (Lipinski definition) is 2. The number of rotatable bonds is 3. The van der Waals surface area contributed by atoms with Gasteiger partial charge in [-0.05, 0) is 19.8 Å². The Hall–Kier alpha value is -0.830. The summed E-state index contributed by atoms with van der Waals surface area (Å²) in [6.07, 6.45) is 6.83. The molecule has 1 aliphatic rings. The van der Waals surface area contributed by atoms with Crippen LogP contribution in [0.3, 0.4) is 0 Å². The van der Waals surface area contributed by atoms with Gasteiger partial charge in [0.25, 0.3) is 0 Å². The maximum absolute atomic E-state index is 5.70. The van der Waals surface area contributed by atoms with Gasteiger partial charge in [0, 0.05) is 30.3 Å². The standard InChI is InChI=1S/C10H17N3/c1-7(11)5-10-12-6-9(13-10)8-3-2-4-8/h6-8H,2-5,11H2,1H3,(H,12,13). The van der Waals surface area contributed by atoms with Crippen molar-refractivity contribution in [1.29, 1.82) is 0 Å². The van der Waals surface area contributed by atoms with E-state index in [9.17, 15) is 0 Å². The van der Waals surface area contributed by atoms with Crippen LogP contribution in [0.5, 0.6) is 0 Å². The second-order valence-corrected chi connectivity index (χ2v) is 4.09. The third-order valence-electron chi connectivity index (χ3n) is 2.71. The molecule has 3 N–H and O–H groups in total. The molecule has 0 radical (unpaired) electrons. The number of nitrogens with zero attached hydrogens (tertiary/aromatic N) is 1. The molecular weight excluding hydrogens is 162 g/mol. The van der Waals surface area contributed by atoms with E-state index in [1.807, 2.05) is 13.1 Å². The Balaban J connectivity index is 2.00. The van der Waals surface area contributed by atoms with Crippen molar-refractivity contribution in [2.75, 3.05) is 0 Å². The summed E-state index contributed by atoms with van der Waals surface area (Å²) in [4.78, 5) is 7.68. The van der Waals surface area contributed by atoms with E-state index in [1.54, 1.807) is 0 Å². The van der Waals surface area contributed by atoms with E-state index >= 15 is 0 Å². The largest absolute Gasteiger partial charge is 0.346 e. The lowest BCUT2D eigenvalue weighted by Gasteiger charge is -2.23. The molecule has 3 nitrogen and oxygen atoms in total. The molecule has 0 saturated heterocycles.